The molecule has 1 aliphatic heterocycles. The molecular weight excluding hydrogens is 539 g/mol. The van der Waals surface area contributed by atoms with E-state index in [2.05, 4.69) is 0 Å². The molecule has 206 valence electrons. The predicted molar refractivity (Wildman–Crippen MR) is 136 cm³/mol. The Morgan fingerprint density at radius 3 is 2.10 bits per heavy atom. The predicted octanol–water partition coefficient (Wildman–Crippen LogP) is 4.49. The van der Waals surface area contributed by atoms with Gasteiger partial charge in [-0.3, -0.25) is 24.4 Å². The van der Waals surface area contributed by atoms with Crippen molar-refractivity contribution in [1.29, 1.82) is 0 Å². The normalized spacial score (nSPS) is 15.6. The minimum atomic E-state index is -5.19. The zero-order chi connectivity index (χ0) is 28.4. The van der Waals surface area contributed by atoms with Crippen LogP contribution in [0.15, 0.2) is 72.8 Å². The van der Waals surface area contributed by atoms with Gasteiger partial charge >= 0.3 is 21.7 Å². The Labute approximate surface area is 222 Å². The molecule has 4 rings (SSSR count). The van der Waals surface area contributed by atoms with Crippen LogP contribution in [0.25, 0.3) is 11.1 Å². The van der Waals surface area contributed by atoms with Gasteiger partial charge in [0.2, 0.25) is 0 Å². The van der Waals surface area contributed by atoms with Crippen LogP contribution in [-0.2, 0) is 22.8 Å². The van der Waals surface area contributed by atoms with Crippen LogP contribution in [-0.4, -0.2) is 59.8 Å². The van der Waals surface area contributed by atoms with Gasteiger partial charge in [0.1, 0.15) is 0 Å². The summed E-state index contributed by atoms with van der Waals surface area (Å²) in [5.74, 6) is -0.632. The van der Waals surface area contributed by atoms with Crippen LogP contribution < -0.4 is 0 Å². The van der Waals surface area contributed by atoms with E-state index in [1.807, 2.05) is 4.90 Å². The number of piperazine rings is 1. The molecule has 0 spiro atoms. The van der Waals surface area contributed by atoms with Crippen molar-refractivity contribution in [2.45, 2.75) is 18.1 Å². The van der Waals surface area contributed by atoms with Gasteiger partial charge in [-0.15, -0.1) is 0 Å². The lowest BCUT2D eigenvalue weighted by atomic mass is 9.98. The number of alkyl halides is 3. The molecule has 0 saturated carbocycles. The summed E-state index contributed by atoms with van der Waals surface area (Å²) >= 11 is 0. The average Bonchev–Trinajstić information content (AvgIpc) is 2.88. The second-order valence-electron chi connectivity index (χ2n) is 9.08. The number of benzene rings is 3. The van der Waals surface area contributed by atoms with Gasteiger partial charge in [-0.2, -0.15) is 21.6 Å². The lowest BCUT2D eigenvalue weighted by Crippen LogP contribution is -2.48. The molecule has 9 nitrogen and oxygen atoms in total. The van der Waals surface area contributed by atoms with Crippen LogP contribution >= 0.6 is 0 Å². The highest BCUT2D eigenvalue weighted by Gasteiger charge is 2.40. The van der Waals surface area contributed by atoms with Gasteiger partial charge in [-0.25, -0.2) is 0 Å². The van der Waals surface area contributed by atoms with Crippen molar-refractivity contribution in [3.63, 3.8) is 0 Å². The van der Waals surface area contributed by atoms with Gasteiger partial charge in [0, 0.05) is 37.6 Å². The molecule has 0 aromatic heterocycles. The first kappa shape index (κ1) is 28.2. The zero-order valence-electron chi connectivity index (χ0n) is 20.4. The van der Waals surface area contributed by atoms with E-state index in [0.29, 0.717) is 36.3 Å². The monoisotopic (exact) mass is 563 g/mol. The summed E-state index contributed by atoms with van der Waals surface area (Å²) in [6, 6.07) is 17.6. The first-order valence-electron chi connectivity index (χ1n) is 11.8. The molecule has 0 bridgehead atoms. The maximum atomic E-state index is 13.6. The molecule has 1 heterocycles. The van der Waals surface area contributed by atoms with Crippen LogP contribution in [0, 0.1) is 10.1 Å². The number of hydrogen-bond donors (Lipinski definition) is 1. The van der Waals surface area contributed by atoms with E-state index in [0.717, 1.165) is 18.2 Å². The molecule has 1 fully saturated rings. The smallest absolute Gasteiger partial charge is 0.336 e. The van der Waals surface area contributed by atoms with E-state index in [1.54, 1.807) is 30.3 Å². The standard InChI is InChI=1S/C26H24F3N3O6S/c27-26(28,29)21-9-6-18(7-10-21)17-30-12-14-31(15-13-30)24(33)23-16-20(19-4-2-1-3-5-19)8-11-22(23)25(32(34)35)39(36,37)38/h1-11,16,25H,12-15,17H2,(H,36,37,38). The second-order valence-corrected chi connectivity index (χ2v) is 10.6. The number of rotatable bonds is 7. The van der Waals surface area contributed by atoms with Crippen molar-refractivity contribution in [2.75, 3.05) is 26.2 Å². The highest BCUT2D eigenvalue weighted by Crippen LogP contribution is 2.32. The third-order valence-electron chi connectivity index (χ3n) is 6.48. The van der Waals surface area contributed by atoms with E-state index < -0.39 is 43.6 Å². The Morgan fingerprint density at radius 1 is 0.949 bits per heavy atom. The number of amides is 1. The number of halogens is 3. The summed E-state index contributed by atoms with van der Waals surface area (Å²) in [5.41, 5.74) is 0.493. The van der Waals surface area contributed by atoms with Crippen molar-refractivity contribution in [1.82, 2.24) is 9.80 Å². The maximum absolute atomic E-state index is 13.6. The van der Waals surface area contributed by atoms with Crippen LogP contribution in [0.4, 0.5) is 13.2 Å². The number of nitro groups is 1. The highest BCUT2D eigenvalue weighted by atomic mass is 32.2. The molecule has 0 aliphatic carbocycles. The Hall–Kier alpha value is -3.81. The third kappa shape index (κ3) is 6.61. The number of carbonyl (C=O) groups excluding carboxylic acids is 1. The van der Waals surface area contributed by atoms with Crippen LogP contribution in [0.2, 0.25) is 0 Å². The van der Waals surface area contributed by atoms with Gasteiger partial charge in [0.05, 0.1) is 16.7 Å². The summed E-state index contributed by atoms with van der Waals surface area (Å²) in [6.07, 6.45) is -4.43. The Morgan fingerprint density at radius 2 is 1.56 bits per heavy atom. The molecule has 1 N–H and O–H groups in total. The first-order chi connectivity index (χ1) is 18.3. The average molecular weight is 564 g/mol. The minimum absolute atomic E-state index is 0.198. The molecular formula is C26H24F3N3O6S. The quantitative estimate of drug-likeness (QED) is 0.255. The molecule has 3 aromatic carbocycles. The van der Waals surface area contributed by atoms with Crippen molar-refractivity contribution < 1.29 is 35.9 Å². The maximum Gasteiger partial charge on any atom is 0.416 e. The summed E-state index contributed by atoms with van der Waals surface area (Å²) < 4.78 is 71.8. The van der Waals surface area contributed by atoms with Crippen molar-refractivity contribution in [2.24, 2.45) is 0 Å². The number of hydrogen-bond acceptors (Lipinski definition) is 6. The molecule has 1 unspecified atom stereocenters. The van der Waals surface area contributed by atoms with Crippen LogP contribution in [0.5, 0.6) is 0 Å². The van der Waals surface area contributed by atoms with E-state index in [9.17, 15) is 41.1 Å². The molecule has 0 radical (unpaired) electrons. The van der Waals surface area contributed by atoms with Crippen molar-refractivity contribution >= 4 is 16.0 Å². The van der Waals surface area contributed by atoms with Gasteiger partial charge in [-0.1, -0.05) is 48.5 Å². The number of nitrogens with zero attached hydrogens (tertiary/aromatic N) is 3. The molecule has 13 heteroatoms. The lowest BCUT2D eigenvalue weighted by molar-refractivity contribution is -0.503. The van der Waals surface area contributed by atoms with Crippen molar-refractivity contribution in [3.05, 3.63) is 105 Å². The van der Waals surface area contributed by atoms with Gasteiger partial charge in [0.15, 0.2) is 0 Å². The fraction of sp³-hybridized carbons (Fsp3) is 0.269. The molecule has 39 heavy (non-hydrogen) atoms. The van der Waals surface area contributed by atoms with E-state index >= 15 is 0 Å². The summed E-state index contributed by atoms with van der Waals surface area (Å²) in [5, 5.41) is 9.08. The lowest BCUT2D eigenvalue weighted by Gasteiger charge is -2.35. The largest absolute Gasteiger partial charge is 0.416 e. The van der Waals surface area contributed by atoms with E-state index in [-0.39, 0.29) is 18.7 Å². The van der Waals surface area contributed by atoms with Gasteiger partial charge in [0.25, 0.3) is 5.91 Å². The summed E-state index contributed by atoms with van der Waals surface area (Å²) in [7, 11) is -5.19. The van der Waals surface area contributed by atoms with Gasteiger partial charge in [-0.05, 0) is 41.0 Å². The summed E-state index contributed by atoms with van der Waals surface area (Å²) in [6.45, 7) is 1.50. The highest BCUT2D eigenvalue weighted by molar-refractivity contribution is 7.85. The Kier molecular flexibility index (Phi) is 8.04. The Balaban J connectivity index is 1.56. The number of carbonyl (C=O) groups is 1. The van der Waals surface area contributed by atoms with Crippen LogP contribution in [0.1, 0.15) is 32.4 Å². The van der Waals surface area contributed by atoms with Crippen molar-refractivity contribution in [3.8, 4) is 11.1 Å². The second kappa shape index (κ2) is 11.1. The first-order valence-corrected chi connectivity index (χ1v) is 13.3. The van der Waals surface area contributed by atoms with E-state index in [1.165, 1.54) is 29.2 Å². The minimum Gasteiger partial charge on any atom is -0.336 e. The Bertz CT molecular complexity index is 1460. The third-order valence-corrected chi connectivity index (χ3v) is 7.47. The molecule has 1 saturated heterocycles. The zero-order valence-corrected chi connectivity index (χ0v) is 21.2. The summed E-state index contributed by atoms with van der Waals surface area (Å²) in [4.78, 5) is 27.4. The van der Waals surface area contributed by atoms with Gasteiger partial charge < -0.3 is 4.90 Å². The van der Waals surface area contributed by atoms with Crippen LogP contribution in [0.3, 0.4) is 0 Å². The van der Waals surface area contributed by atoms with E-state index in [4.69, 9.17) is 0 Å². The molecule has 1 amide bonds. The SMILES string of the molecule is O=C(c1cc(-c2ccccc2)ccc1C([N+](=O)[O-])S(=O)(=O)O)N1CCN(Cc2ccc(C(F)(F)F)cc2)CC1. The molecule has 1 aliphatic rings. The molecule has 3 aromatic rings. The fourth-order valence-electron chi connectivity index (χ4n) is 4.49. The molecule has 1 atom stereocenters. The topological polar surface area (TPSA) is 121 Å². The fourth-order valence-corrected chi connectivity index (χ4v) is 5.23.